The number of nitrogens with zero attached hydrogens (tertiary/aromatic N) is 6. The van der Waals surface area contributed by atoms with Crippen LogP contribution in [0.4, 0.5) is 0 Å². The fourth-order valence-electron chi connectivity index (χ4n) is 12.4. The molecule has 6 aromatic heterocycles. The molecule has 0 N–H and O–H groups in total. The van der Waals surface area contributed by atoms with E-state index in [0.717, 1.165) is 77.7 Å². The Labute approximate surface area is 524 Å². The van der Waals surface area contributed by atoms with Crippen molar-refractivity contribution in [3.05, 3.63) is 322 Å². The number of hydrogen-bond donors (Lipinski definition) is 0. The number of hydrogen-bond acceptors (Lipinski definition) is 7. The standard InChI is InChI=1S/C53H35N3.3C9H7NO.Al/c1-2-14-36(15-3-1)37-28-30-38(31-29-37)41-34-48(39-16-12-18-42(32-39)55-50-24-8-4-20-44(50)45-21-5-9-25-51(45)55)54-49(35-41)40-17-13-19-43(33-40)56-52-26-10-6-22-46(52)47-23-7-11-27-53(47)56;3*11-8-5-1-3-7-4-2-6-10-9(7)8;/h1-35H;3*1-6,11H;/q;;;;+3/p-3. The van der Waals surface area contributed by atoms with Gasteiger partial charge in [-0.3, -0.25) is 15.0 Å². The van der Waals surface area contributed by atoms with Crippen molar-refractivity contribution in [2.45, 2.75) is 0 Å². The number of para-hydroxylation sites is 7. The Kier molecular flexibility index (Phi) is 14.1. The third-order valence-electron chi connectivity index (χ3n) is 16.6. The van der Waals surface area contributed by atoms with Crippen molar-refractivity contribution in [1.29, 1.82) is 0 Å². The topological polar surface area (TPSA) is 89.1 Å². The number of aromatic nitrogens is 6. The summed E-state index contributed by atoms with van der Waals surface area (Å²) in [6, 6.07) is 105. The van der Waals surface area contributed by atoms with Crippen LogP contribution < -0.4 is 11.4 Å². The molecule has 0 amide bonds. The van der Waals surface area contributed by atoms with Crippen molar-refractivity contribution in [3.63, 3.8) is 0 Å². The zero-order valence-corrected chi connectivity index (χ0v) is 49.7. The first kappa shape index (κ1) is 53.8. The molecule has 0 fully saturated rings. The molecule has 10 heteroatoms. The lowest BCUT2D eigenvalue weighted by Crippen LogP contribution is -2.37. The molecule has 0 saturated carbocycles. The second kappa shape index (κ2) is 23.5. The largest absolute Gasteiger partial charge is 1.20 e. The average molecular weight is 1170 g/mol. The lowest BCUT2D eigenvalue weighted by Gasteiger charge is -2.18. The van der Waals surface area contributed by atoms with Crippen molar-refractivity contribution in [3.8, 4) is 73.4 Å². The molecule has 0 saturated heterocycles. The molecule has 0 radical (unpaired) electrons. The molecular formula is C80H53AlN6O3. The Balaban J connectivity index is 0.000000163. The van der Waals surface area contributed by atoms with Crippen molar-refractivity contribution < 1.29 is 11.4 Å². The van der Waals surface area contributed by atoms with Gasteiger partial charge < -0.3 is 20.5 Å². The van der Waals surface area contributed by atoms with Gasteiger partial charge in [0.1, 0.15) is 33.8 Å². The van der Waals surface area contributed by atoms with Gasteiger partial charge >= 0.3 is 15.1 Å². The van der Waals surface area contributed by atoms with Gasteiger partial charge in [-0.05, 0) is 119 Å². The molecule has 9 nitrogen and oxygen atoms in total. The van der Waals surface area contributed by atoms with Gasteiger partial charge in [-0.15, -0.1) is 0 Å². The molecule has 11 aromatic carbocycles. The Morgan fingerprint density at radius 1 is 0.256 bits per heavy atom. The van der Waals surface area contributed by atoms with Crippen LogP contribution in [0.15, 0.2) is 322 Å². The lowest BCUT2D eigenvalue weighted by molar-refractivity contribution is 0.311. The molecule has 90 heavy (non-hydrogen) atoms. The molecule has 424 valence electrons. The average Bonchev–Trinajstić information content (AvgIpc) is 1.71. The van der Waals surface area contributed by atoms with Gasteiger partial charge in [0.25, 0.3) is 0 Å². The SMILES string of the molecule is c1ccc(-c2ccc(-c3cc(-c4cccc(-n5c6ccccc6c6ccccc65)c4)nc(-c4cccc(-n5c6ccccc6c6ccccc65)c4)c3)cc2)cc1.c1cnc2c([O][Al]([O]c3cccc4cccnc34)[O]c3cccc4cccnc34)cccc2c1. The highest BCUT2D eigenvalue weighted by Crippen LogP contribution is 2.38. The molecule has 0 bridgehead atoms. The second-order valence-electron chi connectivity index (χ2n) is 22.0. The second-order valence-corrected chi connectivity index (χ2v) is 23.3. The summed E-state index contributed by atoms with van der Waals surface area (Å²) in [5.74, 6) is 1.82. The summed E-state index contributed by atoms with van der Waals surface area (Å²) >= 11 is -2.86. The van der Waals surface area contributed by atoms with Gasteiger partial charge in [-0.1, -0.05) is 206 Å². The Morgan fingerprint density at radius 2 is 0.578 bits per heavy atom. The minimum atomic E-state index is -2.86. The summed E-state index contributed by atoms with van der Waals surface area (Å²) in [4.78, 5) is 19.0. The number of pyridine rings is 4. The molecule has 0 aliphatic carbocycles. The van der Waals surface area contributed by atoms with Gasteiger partial charge in [0, 0.05) is 78.8 Å². The maximum absolute atomic E-state index is 6.41. The smallest absolute Gasteiger partial charge is 0.576 e. The summed E-state index contributed by atoms with van der Waals surface area (Å²) in [6.07, 6.45) is 5.24. The van der Waals surface area contributed by atoms with E-state index in [-0.39, 0.29) is 0 Å². The van der Waals surface area contributed by atoms with Crippen LogP contribution in [0.2, 0.25) is 0 Å². The fourth-order valence-corrected chi connectivity index (χ4v) is 13.7. The van der Waals surface area contributed by atoms with Crippen LogP contribution in [0.25, 0.3) is 132 Å². The van der Waals surface area contributed by atoms with E-state index in [0.29, 0.717) is 17.2 Å². The van der Waals surface area contributed by atoms with Crippen LogP contribution in [-0.4, -0.2) is 44.2 Å². The zero-order valence-electron chi connectivity index (χ0n) is 48.6. The van der Waals surface area contributed by atoms with Crippen LogP contribution in [-0.2, 0) is 0 Å². The highest BCUT2D eigenvalue weighted by atomic mass is 27.3. The maximum atomic E-state index is 6.41. The predicted molar refractivity (Wildman–Crippen MR) is 368 cm³/mol. The first-order valence-corrected chi connectivity index (χ1v) is 31.4. The summed E-state index contributed by atoms with van der Waals surface area (Å²) in [5.41, 5.74) is 17.9. The summed E-state index contributed by atoms with van der Waals surface area (Å²) < 4.78 is 24.0. The van der Waals surface area contributed by atoms with Crippen LogP contribution in [0.5, 0.6) is 17.2 Å². The van der Waals surface area contributed by atoms with E-state index in [1.165, 1.54) is 54.7 Å². The fraction of sp³-hybridized carbons (Fsp3) is 0. The maximum Gasteiger partial charge on any atom is 1.20 e. The van der Waals surface area contributed by atoms with E-state index >= 15 is 0 Å². The van der Waals surface area contributed by atoms with Gasteiger partial charge in [-0.25, -0.2) is 4.98 Å². The molecule has 0 aliphatic rings. The number of rotatable bonds is 12. The predicted octanol–water partition coefficient (Wildman–Crippen LogP) is 19.8. The molecular weight excluding hydrogens is 1120 g/mol. The minimum Gasteiger partial charge on any atom is -0.576 e. The van der Waals surface area contributed by atoms with Crippen molar-refractivity contribution in [2.24, 2.45) is 0 Å². The monoisotopic (exact) mass is 1170 g/mol. The van der Waals surface area contributed by atoms with Crippen LogP contribution >= 0.6 is 0 Å². The normalized spacial score (nSPS) is 11.3. The Morgan fingerprint density at radius 3 is 0.978 bits per heavy atom. The summed E-state index contributed by atoms with van der Waals surface area (Å²) in [5, 5.41) is 7.93. The van der Waals surface area contributed by atoms with Crippen LogP contribution in [0.3, 0.4) is 0 Å². The van der Waals surface area contributed by atoms with Crippen molar-refractivity contribution in [1.82, 2.24) is 29.1 Å². The van der Waals surface area contributed by atoms with Crippen LogP contribution in [0, 0.1) is 0 Å². The van der Waals surface area contributed by atoms with Crippen molar-refractivity contribution >= 4 is 91.5 Å². The van der Waals surface area contributed by atoms with Gasteiger partial charge in [0.05, 0.1) is 33.5 Å². The quantitative estimate of drug-likeness (QED) is 0.113. The van der Waals surface area contributed by atoms with E-state index in [4.69, 9.17) is 16.3 Å². The zero-order chi connectivity index (χ0) is 59.7. The third kappa shape index (κ3) is 10.3. The molecule has 0 spiro atoms. The van der Waals surface area contributed by atoms with Crippen LogP contribution in [0.1, 0.15) is 0 Å². The molecule has 17 aromatic rings. The lowest BCUT2D eigenvalue weighted by atomic mass is 9.97. The summed E-state index contributed by atoms with van der Waals surface area (Å²) in [7, 11) is 0. The van der Waals surface area contributed by atoms with E-state index < -0.39 is 15.1 Å². The number of fused-ring (bicyclic) bond motifs is 9. The Bertz CT molecular complexity index is 5020. The van der Waals surface area contributed by atoms with E-state index in [2.05, 4.69) is 236 Å². The highest BCUT2D eigenvalue weighted by molar-refractivity contribution is 6.40. The molecule has 0 aliphatic heterocycles. The Hall–Kier alpha value is -11.7. The molecule has 0 atom stereocenters. The molecule has 0 unspecified atom stereocenters. The van der Waals surface area contributed by atoms with E-state index in [9.17, 15) is 0 Å². The molecule has 17 rings (SSSR count). The van der Waals surface area contributed by atoms with E-state index in [1.54, 1.807) is 18.6 Å². The summed E-state index contributed by atoms with van der Waals surface area (Å²) in [6.45, 7) is 0. The first-order valence-electron chi connectivity index (χ1n) is 30.0. The highest BCUT2D eigenvalue weighted by Gasteiger charge is 2.46. The number of benzene rings is 11. The molecule has 6 heterocycles. The minimum absolute atomic E-state index is 0.608. The van der Waals surface area contributed by atoms with Gasteiger partial charge in [0.15, 0.2) is 0 Å². The van der Waals surface area contributed by atoms with Crippen molar-refractivity contribution in [2.75, 3.05) is 0 Å². The van der Waals surface area contributed by atoms with Gasteiger partial charge in [0.2, 0.25) is 0 Å². The van der Waals surface area contributed by atoms with Gasteiger partial charge in [-0.2, -0.15) is 0 Å². The van der Waals surface area contributed by atoms with E-state index in [1.807, 2.05) is 91.0 Å². The third-order valence-corrected chi connectivity index (χ3v) is 17.9. The first-order chi connectivity index (χ1) is 44.6.